The van der Waals surface area contributed by atoms with E-state index in [0.717, 1.165) is 33.8 Å². The van der Waals surface area contributed by atoms with E-state index in [0.29, 0.717) is 6.54 Å². The van der Waals surface area contributed by atoms with E-state index in [1.54, 1.807) is 0 Å². The van der Waals surface area contributed by atoms with Crippen LogP contribution in [0.2, 0.25) is 0 Å². The van der Waals surface area contributed by atoms with Crippen LogP contribution in [0.25, 0.3) is 21.8 Å². The highest BCUT2D eigenvalue weighted by Gasteiger charge is 2.30. The van der Waals surface area contributed by atoms with E-state index >= 15 is 0 Å². The van der Waals surface area contributed by atoms with E-state index in [-0.39, 0.29) is 19.0 Å². The second-order valence-corrected chi connectivity index (χ2v) is 8.74. The lowest BCUT2D eigenvalue weighted by molar-refractivity contribution is -0.126. The van der Waals surface area contributed by atoms with Crippen LogP contribution in [0, 0.1) is 7.14 Å². The Morgan fingerprint density at radius 1 is 1.00 bits per heavy atom. The molecule has 1 aromatic heterocycles. The van der Waals surface area contributed by atoms with Gasteiger partial charge < -0.3 is 15.0 Å². The molecule has 1 fully saturated rings. The van der Waals surface area contributed by atoms with Gasteiger partial charge >= 0.3 is 6.03 Å². The molecule has 0 radical (unpaired) electrons. The molecule has 2 heterocycles. The maximum atomic E-state index is 11.7. The average molecular weight is 575 g/mol. The first-order valence-corrected chi connectivity index (χ1v) is 10.2. The van der Waals surface area contributed by atoms with Gasteiger partial charge in [-0.15, -0.1) is 0 Å². The minimum Gasteiger partial charge on any atom is -0.389 e. The molecule has 1 unspecified atom stereocenters. The quantitative estimate of drug-likeness (QED) is 0.372. The Hall–Kier alpha value is -1.40. The summed E-state index contributed by atoms with van der Waals surface area (Å²) in [6.07, 6.45) is -0.847. The van der Waals surface area contributed by atoms with Crippen LogP contribution in [0.3, 0.4) is 0 Å². The van der Waals surface area contributed by atoms with Gasteiger partial charge in [-0.3, -0.25) is 9.69 Å². The predicted molar refractivity (Wildman–Crippen MR) is 116 cm³/mol. The smallest absolute Gasteiger partial charge is 0.324 e. The number of hydrogen-bond acceptors (Lipinski definition) is 3. The van der Waals surface area contributed by atoms with E-state index in [1.807, 2.05) is 24.3 Å². The van der Waals surface area contributed by atoms with Gasteiger partial charge in [-0.1, -0.05) is 0 Å². The zero-order valence-corrected chi connectivity index (χ0v) is 17.9. The third kappa shape index (κ3) is 3.18. The van der Waals surface area contributed by atoms with Gasteiger partial charge in [0.15, 0.2) is 0 Å². The van der Waals surface area contributed by atoms with Crippen molar-refractivity contribution in [2.45, 2.75) is 12.6 Å². The monoisotopic (exact) mass is 575 g/mol. The largest absolute Gasteiger partial charge is 0.389 e. The molecule has 2 N–H and O–H groups in total. The lowest BCUT2D eigenvalue weighted by Gasteiger charge is -2.19. The average Bonchev–Trinajstić information content (AvgIpc) is 3.07. The van der Waals surface area contributed by atoms with Gasteiger partial charge in [-0.05, 0) is 81.6 Å². The normalized spacial score (nSPS) is 15.9. The Morgan fingerprint density at radius 2 is 1.58 bits per heavy atom. The van der Waals surface area contributed by atoms with Crippen molar-refractivity contribution in [3.05, 3.63) is 43.5 Å². The van der Waals surface area contributed by atoms with Gasteiger partial charge in [0.1, 0.15) is 0 Å². The second kappa shape index (κ2) is 6.97. The lowest BCUT2D eigenvalue weighted by atomic mass is 10.2. The number of hydrogen-bond donors (Lipinski definition) is 2. The van der Waals surface area contributed by atoms with Crippen molar-refractivity contribution in [1.82, 2.24) is 14.8 Å². The SMILES string of the molecule is O=C1CNC(=O)N1CC(O)Cn1c2ccc(I)cc2c2cc(I)ccc21. The molecule has 1 atom stereocenters. The molecular formula is C18H15I2N3O3. The fraction of sp³-hybridized carbons (Fsp3) is 0.222. The first kappa shape index (κ1) is 18.0. The number of aliphatic hydroxyl groups is 1. The number of fused-ring (bicyclic) bond motifs is 3. The van der Waals surface area contributed by atoms with Crippen molar-refractivity contribution in [2.75, 3.05) is 13.1 Å². The molecule has 3 aromatic rings. The number of imide groups is 1. The lowest BCUT2D eigenvalue weighted by Crippen LogP contribution is -2.39. The van der Waals surface area contributed by atoms with Crippen LogP contribution in [0.4, 0.5) is 4.79 Å². The van der Waals surface area contributed by atoms with Crippen LogP contribution in [-0.2, 0) is 11.3 Å². The molecule has 8 heteroatoms. The highest BCUT2D eigenvalue weighted by molar-refractivity contribution is 14.1. The van der Waals surface area contributed by atoms with Crippen LogP contribution < -0.4 is 5.32 Å². The number of β-amino-alcohol motifs (C(OH)–C–C–N with tert-alkyl or cyclic N) is 1. The summed E-state index contributed by atoms with van der Waals surface area (Å²) in [4.78, 5) is 24.5. The summed E-state index contributed by atoms with van der Waals surface area (Å²) in [5.41, 5.74) is 2.05. The van der Waals surface area contributed by atoms with Gasteiger partial charge in [0.05, 0.1) is 25.7 Å². The molecule has 3 amide bonds. The molecule has 0 aliphatic carbocycles. The van der Waals surface area contributed by atoms with Crippen molar-refractivity contribution in [3.63, 3.8) is 0 Å². The Labute approximate surface area is 176 Å². The van der Waals surface area contributed by atoms with Crippen LogP contribution >= 0.6 is 45.2 Å². The highest BCUT2D eigenvalue weighted by Crippen LogP contribution is 2.31. The molecule has 26 heavy (non-hydrogen) atoms. The van der Waals surface area contributed by atoms with Gasteiger partial charge in [-0.2, -0.15) is 0 Å². The molecule has 0 bridgehead atoms. The fourth-order valence-electron chi connectivity index (χ4n) is 3.36. The number of rotatable bonds is 4. The predicted octanol–water partition coefficient (Wildman–Crippen LogP) is 2.92. The van der Waals surface area contributed by atoms with E-state index in [9.17, 15) is 14.7 Å². The molecule has 0 spiro atoms. The number of benzene rings is 2. The molecule has 1 saturated heterocycles. The fourth-order valence-corrected chi connectivity index (χ4v) is 4.35. The molecular weight excluding hydrogens is 560 g/mol. The van der Waals surface area contributed by atoms with Crippen molar-refractivity contribution in [1.29, 1.82) is 0 Å². The van der Waals surface area contributed by atoms with Gasteiger partial charge in [-0.25, -0.2) is 4.79 Å². The summed E-state index contributed by atoms with van der Waals surface area (Å²) in [5.74, 6) is -0.305. The summed E-state index contributed by atoms with van der Waals surface area (Å²) in [6.45, 7) is 0.288. The first-order valence-electron chi connectivity index (χ1n) is 8.07. The number of aromatic nitrogens is 1. The molecule has 4 rings (SSSR count). The molecule has 6 nitrogen and oxygen atoms in total. The number of halogens is 2. The van der Waals surface area contributed by atoms with E-state index in [4.69, 9.17) is 0 Å². The minimum absolute atomic E-state index is 0.00217. The summed E-state index contributed by atoms with van der Waals surface area (Å²) in [5, 5.41) is 15.3. The number of urea groups is 1. The number of nitrogens with one attached hydrogen (secondary N) is 1. The van der Waals surface area contributed by atoms with Crippen LogP contribution in [-0.4, -0.2) is 45.7 Å². The summed E-state index contributed by atoms with van der Waals surface area (Å²) >= 11 is 4.58. The number of carbonyl (C=O) groups is 2. The molecule has 1 aliphatic heterocycles. The first-order chi connectivity index (χ1) is 12.4. The van der Waals surface area contributed by atoms with Crippen LogP contribution in [0.15, 0.2) is 36.4 Å². The Morgan fingerprint density at radius 3 is 2.08 bits per heavy atom. The summed E-state index contributed by atoms with van der Waals surface area (Å²) < 4.78 is 4.35. The van der Waals surface area contributed by atoms with Crippen molar-refractivity contribution < 1.29 is 14.7 Å². The van der Waals surface area contributed by atoms with E-state index in [2.05, 4.69) is 67.2 Å². The number of nitrogens with zero attached hydrogens (tertiary/aromatic N) is 2. The molecule has 134 valence electrons. The maximum Gasteiger partial charge on any atom is 0.324 e. The van der Waals surface area contributed by atoms with Crippen LogP contribution in [0.5, 0.6) is 0 Å². The van der Waals surface area contributed by atoms with Gasteiger partial charge in [0.25, 0.3) is 0 Å². The highest BCUT2D eigenvalue weighted by atomic mass is 127. The third-order valence-electron chi connectivity index (χ3n) is 4.51. The summed E-state index contributed by atoms with van der Waals surface area (Å²) in [7, 11) is 0. The third-order valence-corrected chi connectivity index (χ3v) is 5.85. The van der Waals surface area contributed by atoms with E-state index in [1.165, 1.54) is 0 Å². The van der Waals surface area contributed by atoms with E-state index < -0.39 is 12.1 Å². The van der Waals surface area contributed by atoms with Gasteiger partial charge in [0, 0.05) is 28.9 Å². The Balaban J connectivity index is 1.73. The minimum atomic E-state index is -0.847. The Bertz CT molecular complexity index is 972. The topological polar surface area (TPSA) is 74.6 Å². The standard InChI is InChI=1S/C18H15I2N3O3/c19-10-1-3-15-13(5-10)14-6-11(20)2-4-16(14)22(15)8-12(24)9-23-17(25)7-21-18(23)26/h1-6,12,24H,7-9H2,(H,21,26). The molecule has 2 aromatic carbocycles. The number of carbonyl (C=O) groups excluding carboxylic acids is 2. The van der Waals surface area contributed by atoms with Crippen molar-refractivity contribution in [2.24, 2.45) is 0 Å². The zero-order valence-electron chi connectivity index (χ0n) is 13.6. The maximum absolute atomic E-state index is 11.7. The van der Waals surface area contributed by atoms with Crippen molar-refractivity contribution >= 4 is 78.9 Å². The molecule has 0 saturated carbocycles. The van der Waals surface area contributed by atoms with Crippen LogP contribution in [0.1, 0.15) is 0 Å². The number of amides is 3. The molecule has 1 aliphatic rings. The summed E-state index contributed by atoms with van der Waals surface area (Å²) in [6, 6.07) is 12.0. The zero-order chi connectivity index (χ0) is 18.4. The number of aliphatic hydroxyl groups excluding tert-OH is 1. The van der Waals surface area contributed by atoms with Crippen molar-refractivity contribution in [3.8, 4) is 0 Å². The second-order valence-electron chi connectivity index (χ2n) is 6.25. The van der Waals surface area contributed by atoms with Gasteiger partial charge in [0.2, 0.25) is 5.91 Å². The Kier molecular flexibility index (Phi) is 4.82.